The number of rotatable bonds is 8. The Morgan fingerprint density at radius 3 is 2.61 bits per heavy atom. The highest BCUT2D eigenvalue weighted by molar-refractivity contribution is 5.95. The van der Waals surface area contributed by atoms with Crippen molar-refractivity contribution in [1.29, 1.82) is 0 Å². The summed E-state index contributed by atoms with van der Waals surface area (Å²) < 4.78 is 0. The number of para-hydroxylation sites is 1. The zero-order chi connectivity index (χ0) is 19.8. The molecular weight excluding hydrogens is 354 g/mol. The Morgan fingerprint density at radius 2 is 1.79 bits per heavy atom. The fraction of sp³-hybridized carbons (Fsp3) is 0.591. The van der Waals surface area contributed by atoms with Crippen LogP contribution in [0.15, 0.2) is 24.3 Å². The number of hydrogen-bond donors (Lipinski definition) is 2. The van der Waals surface area contributed by atoms with Crippen LogP contribution in [0.3, 0.4) is 0 Å². The molecule has 1 aromatic carbocycles. The van der Waals surface area contributed by atoms with Crippen molar-refractivity contribution in [2.45, 2.75) is 57.8 Å². The zero-order valence-electron chi connectivity index (χ0n) is 16.5. The lowest BCUT2D eigenvalue weighted by atomic mass is 9.87. The average molecular weight is 386 g/mol. The second kappa shape index (κ2) is 10.2. The van der Waals surface area contributed by atoms with E-state index in [9.17, 15) is 14.4 Å². The number of hydrogen-bond acceptors (Lipinski definition) is 3. The van der Waals surface area contributed by atoms with Gasteiger partial charge in [-0.3, -0.25) is 14.4 Å². The third kappa shape index (κ3) is 5.81. The number of nitrogens with one attached hydrogen (secondary N) is 2. The first-order valence-electron chi connectivity index (χ1n) is 10.5. The van der Waals surface area contributed by atoms with Gasteiger partial charge in [0.25, 0.3) is 0 Å². The molecule has 0 radical (unpaired) electrons. The fourth-order valence-corrected chi connectivity index (χ4v) is 4.17. The van der Waals surface area contributed by atoms with Crippen LogP contribution < -0.4 is 15.5 Å². The van der Waals surface area contributed by atoms with Crippen LogP contribution in [0.4, 0.5) is 5.69 Å². The molecule has 2 N–H and O–H groups in total. The lowest BCUT2D eigenvalue weighted by Gasteiger charge is -2.20. The van der Waals surface area contributed by atoms with Gasteiger partial charge in [-0.05, 0) is 43.2 Å². The molecule has 1 saturated carbocycles. The molecule has 0 saturated heterocycles. The third-order valence-corrected chi connectivity index (χ3v) is 5.72. The topological polar surface area (TPSA) is 78.5 Å². The molecule has 0 bridgehead atoms. The van der Waals surface area contributed by atoms with Crippen molar-refractivity contribution >= 4 is 23.4 Å². The quantitative estimate of drug-likeness (QED) is 0.675. The minimum atomic E-state index is -0.198. The van der Waals surface area contributed by atoms with Gasteiger partial charge in [0, 0.05) is 31.6 Å². The molecule has 3 amide bonds. The summed E-state index contributed by atoms with van der Waals surface area (Å²) in [6.45, 7) is 1.19. The van der Waals surface area contributed by atoms with Crippen LogP contribution in [0, 0.1) is 5.92 Å². The van der Waals surface area contributed by atoms with Crippen LogP contribution in [-0.4, -0.2) is 37.4 Å². The average Bonchev–Trinajstić information content (AvgIpc) is 3.14. The van der Waals surface area contributed by atoms with E-state index in [0.29, 0.717) is 31.7 Å². The van der Waals surface area contributed by atoms with Gasteiger partial charge in [-0.1, -0.05) is 37.5 Å². The highest BCUT2D eigenvalue weighted by atomic mass is 16.2. The molecule has 1 aromatic rings. The van der Waals surface area contributed by atoms with Gasteiger partial charge in [0.05, 0.1) is 6.54 Å². The molecule has 6 nitrogen and oxygen atoms in total. The Kier molecular flexibility index (Phi) is 7.46. The third-order valence-electron chi connectivity index (χ3n) is 5.72. The molecule has 1 fully saturated rings. The summed E-state index contributed by atoms with van der Waals surface area (Å²) in [7, 11) is 0. The lowest BCUT2D eigenvalue weighted by molar-refractivity contribution is -0.126. The van der Waals surface area contributed by atoms with Crippen molar-refractivity contribution in [2.24, 2.45) is 5.92 Å². The summed E-state index contributed by atoms with van der Waals surface area (Å²) in [6.07, 6.45) is 8.36. The van der Waals surface area contributed by atoms with Crippen molar-refractivity contribution in [2.75, 3.05) is 24.5 Å². The maximum Gasteiger partial charge on any atom is 0.239 e. The van der Waals surface area contributed by atoms with Crippen molar-refractivity contribution in [3.8, 4) is 0 Å². The SMILES string of the molecule is O=C(CNC(=O)CC1CCCCC1)NCCCC(=O)N1CCc2ccccc21. The minimum absolute atomic E-state index is 0.0129. The van der Waals surface area contributed by atoms with E-state index < -0.39 is 0 Å². The Bertz CT molecular complexity index is 698. The normalized spacial score (nSPS) is 16.5. The smallest absolute Gasteiger partial charge is 0.239 e. The van der Waals surface area contributed by atoms with E-state index in [0.717, 1.165) is 31.5 Å². The molecule has 2 aliphatic rings. The highest BCUT2D eigenvalue weighted by Gasteiger charge is 2.23. The van der Waals surface area contributed by atoms with Crippen LogP contribution in [0.1, 0.15) is 56.9 Å². The number of nitrogens with zero attached hydrogens (tertiary/aromatic N) is 1. The van der Waals surface area contributed by atoms with E-state index in [1.807, 2.05) is 23.1 Å². The van der Waals surface area contributed by atoms with Crippen LogP contribution >= 0.6 is 0 Å². The van der Waals surface area contributed by atoms with Gasteiger partial charge in [0.2, 0.25) is 17.7 Å². The summed E-state index contributed by atoms with van der Waals surface area (Å²) >= 11 is 0. The molecule has 0 atom stereocenters. The maximum absolute atomic E-state index is 12.4. The number of anilines is 1. The standard InChI is InChI=1S/C22H31N3O3/c26-20(15-17-7-2-1-3-8-17)24-16-21(27)23-13-6-11-22(28)25-14-12-18-9-4-5-10-19(18)25/h4-5,9-10,17H,1-3,6-8,11-16H2,(H,23,27)(H,24,26). The summed E-state index contributed by atoms with van der Waals surface area (Å²) in [5.41, 5.74) is 2.23. The van der Waals surface area contributed by atoms with Gasteiger partial charge >= 0.3 is 0 Å². The van der Waals surface area contributed by atoms with Crippen molar-refractivity contribution < 1.29 is 14.4 Å². The zero-order valence-corrected chi connectivity index (χ0v) is 16.5. The van der Waals surface area contributed by atoms with Gasteiger partial charge in [-0.15, -0.1) is 0 Å². The molecule has 1 aliphatic heterocycles. The summed E-state index contributed by atoms with van der Waals surface area (Å²) in [5.74, 6) is 0.333. The van der Waals surface area contributed by atoms with Crippen LogP contribution in [-0.2, 0) is 20.8 Å². The second-order valence-electron chi connectivity index (χ2n) is 7.86. The largest absolute Gasteiger partial charge is 0.355 e. The van der Waals surface area contributed by atoms with Crippen LogP contribution in [0.5, 0.6) is 0 Å². The molecule has 0 unspecified atom stereocenters. The molecule has 6 heteroatoms. The van der Waals surface area contributed by atoms with Gasteiger partial charge < -0.3 is 15.5 Å². The molecule has 28 heavy (non-hydrogen) atoms. The van der Waals surface area contributed by atoms with Crippen LogP contribution in [0.2, 0.25) is 0 Å². The van der Waals surface area contributed by atoms with E-state index in [1.54, 1.807) is 0 Å². The second-order valence-corrected chi connectivity index (χ2v) is 7.86. The number of benzene rings is 1. The first kappa shape index (κ1) is 20.4. The Labute approximate surface area is 167 Å². The molecule has 1 aliphatic carbocycles. The molecule has 3 rings (SSSR count). The number of carbonyl (C=O) groups is 3. The molecular formula is C22H31N3O3. The first-order chi connectivity index (χ1) is 13.6. The fourth-order valence-electron chi connectivity index (χ4n) is 4.17. The number of fused-ring (bicyclic) bond motifs is 1. The van der Waals surface area contributed by atoms with E-state index in [1.165, 1.54) is 24.8 Å². The molecule has 0 spiro atoms. The van der Waals surface area contributed by atoms with E-state index >= 15 is 0 Å². The Balaban J connectivity index is 1.27. The summed E-state index contributed by atoms with van der Waals surface area (Å²) in [4.78, 5) is 38.1. The Morgan fingerprint density at radius 1 is 1.00 bits per heavy atom. The first-order valence-corrected chi connectivity index (χ1v) is 10.5. The van der Waals surface area contributed by atoms with Gasteiger partial charge in [0.15, 0.2) is 0 Å². The van der Waals surface area contributed by atoms with Gasteiger partial charge in [-0.25, -0.2) is 0 Å². The lowest BCUT2D eigenvalue weighted by Crippen LogP contribution is -2.38. The van der Waals surface area contributed by atoms with Crippen LogP contribution in [0.25, 0.3) is 0 Å². The monoisotopic (exact) mass is 385 g/mol. The molecule has 152 valence electrons. The number of amides is 3. The predicted molar refractivity (Wildman–Crippen MR) is 109 cm³/mol. The molecule has 0 aromatic heterocycles. The van der Waals surface area contributed by atoms with Gasteiger partial charge in [0.1, 0.15) is 0 Å². The van der Waals surface area contributed by atoms with Crippen molar-refractivity contribution in [3.63, 3.8) is 0 Å². The predicted octanol–water partition coefficient (Wildman–Crippen LogP) is 2.56. The maximum atomic E-state index is 12.4. The van der Waals surface area contributed by atoms with Gasteiger partial charge in [-0.2, -0.15) is 0 Å². The Hall–Kier alpha value is -2.37. The van der Waals surface area contributed by atoms with E-state index in [2.05, 4.69) is 16.7 Å². The highest BCUT2D eigenvalue weighted by Crippen LogP contribution is 2.28. The number of carbonyl (C=O) groups excluding carboxylic acids is 3. The molecule has 1 heterocycles. The minimum Gasteiger partial charge on any atom is -0.355 e. The van der Waals surface area contributed by atoms with E-state index in [4.69, 9.17) is 0 Å². The van der Waals surface area contributed by atoms with Crippen molar-refractivity contribution in [3.05, 3.63) is 29.8 Å². The van der Waals surface area contributed by atoms with E-state index in [-0.39, 0.29) is 24.3 Å². The summed E-state index contributed by atoms with van der Waals surface area (Å²) in [6, 6.07) is 7.99. The summed E-state index contributed by atoms with van der Waals surface area (Å²) in [5, 5.41) is 5.49. The van der Waals surface area contributed by atoms with Crippen molar-refractivity contribution in [1.82, 2.24) is 10.6 Å².